The molecule has 0 aliphatic carbocycles. The average Bonchev–Trinajstić information content (AvgIpc) is 2.45. The molecule has 0 aromatic heterocycles. The largest absolute Gasteiger partial charge is 0.292 e. The van der Waals surface area contributed by atoms with E-state index in [1.165, 1.54) is 6.42 Å². The Morgan fingerprint density at radius 1 is 1.25 bits per heavy atom. The molecule has 1 saturated heterocycles. The van der Waals surface area contributed by atoms with Crippen LogP contribution in [0.15, 0.2) is 30.3 Å². The molecule has 2 rings (SSSR count). The third-order valence-electron chi connectivity index (χ3n) is 4.79. The fourth-order valence-electron chi connectivity index (χ4n) is 3.54. The van der Waals surface area contributed by atoms with Crippen molar-refractivity contribution in [1.82, 2.24) is 4.90 Å². The van der Waals surface area contributed by atoms with Crippen LogP contribution in [0.25, 0.3) is 0 Å². The minimum Gasteiger partial charge on any atom is -0.292 e. The molecule has 0 amide bonds. The summed E-state index contributed by atoms with van der Waals surface area (Å²) in [6, 6.07) is 10.3. The van der Waals surface area contributed by atoms with Gasteiger partial charge in [0.25, 0.3) is 0 Å². The number of hydrogen-bond donors (Lipinski definition) is 0. The third kappa shape index (κ3) is 3.12. The van der Waals surface area contributed by atoms with Crippen LogP contribution >= 0.6 is 0 Å². The van der Waals surface area contributed by atoms with Gasteiger partial charge in [0.05, 0.1) is 6.04 Å². The van der Waals surface area contributed by atoms with Gasteiger partial charge in [0.2, 0.25) is 0 Å². The third-order valence-corrected chi connectivity index (χ3v) is 4.79. The second-order valence-electron chi connectivity index (χ2n) is 6.41. The number of benzene rings is 1. The minimum absolute atomic E-state index is 0.0256. The topological polar surface area (TPSA) is 20.3 Å². The van der Waals surface area contributed by atoms with E-state index >= 15 is 0 Å². The molecule has 1 aliphatic heterocycles. The van der Waals surface area contributed by atoms with Crippen molar-refractivity contribution in [1.29, 1.82) is 0 Å². The lowest BCUT2D eigenvalue weighted by atomic mass is 9.83. The Labute approximate surface area is 123 Å². The predicted octanol–water partition coefficient (Wildman–Crippen LogP) is 4.01. The highest BCUT2D eigenvalue weighted by atomic mass is 16.1. The summed E-state index contributed by atoms with van der Waals surface area (Å²) in [6.07, 6.45) is 2.16. The van der Waals surface area contributed by atoms with Crippen LogP contribution in [-0.2, 0) is 0 Å². The normalized spacial score (nSPS) is 29.1. The van der Waals surface area contributed by atoms with Gasteiger partial charge in [-0.2, -0.15) is 0 Å². The van der Waals surface area contributed by atoms with Crippen LogP contribution in [0.3, 0.4) is 0 Å². The zero-order chi connectivity index (χ0) is 14.7. The van der Waals surface area contributed by atoms with Crippen LogP contribution < -0.4 is 0 Å². The molecular formula is C18H27NO. The Hall–Kier alpha value is -1.15. The number of carbonyl (C=O) groups is 1. The molecule has 20 heavy (non-hydrogen) atoms. The summed E-state index contributed by atoms with van der Waals surface area (Å²) in [5.74, 6) is 1.62. The maximum atomic E-state index is 12.8. The second kappa shape index (κ2) is 6.53. The van der Waals surface area contributed by atoms with E-state index in [1.807, 2.05) is 30.3 Å². The van der Waals surface area contributed by atoms with Gasteiger partial charge >= 0.3 is 0 Å². The van der Waals surface area contributed by atoms with Crippen molar-refractivity contribution in [2.75, 3.05) is 6.54 Å². The van der Waals surface area contributed by atoms with Crippen molar-refractivity contribution in [2.24, 2.45) is 11.8 Å². The van der Waals surface area contributed by atoms with Gasteiger partial charge < -0.3 is 0 Å². The summed E-state index contributed by atoms with van der Waals surface area (Å²) in [5, 5.41) is 0. The van der Waals surface area contributed by atoms with E-state index in [-0.39, 0.29) is 11.8 Å². The highest BCUT2D eigenvalue weighted by Gasteiger charge is 2.35. The van der Waals surface area contributed by atoms with E-state index in [0.29, 0.717) is 17.9 Å². The fraction of sp³-hybridized carbons (Fsp3) is 0.611. The van der Waals surface area contributed by atoms with E-state index in [4.69, 9.17) is 0 Å². The summed E-state index contributed by atoms with van der Waals surface area (Å²) in [5.41, 5.74) is 0.845. The first-order valence-electron chi connectivity index (χ1n) is 7.89. The number of nitrogens with zero attached hydrogens (tertiary/aromatic N) is 1. The Morgan fingerprint density at radius 2 is 1.90 bits per heavy atom. The highest BCUT2D eigenvalue weighted by Crippen LogP contribution is 2.30. The maximum absolute atomic E-state index is 12.8. The van der Waals surface area contributed by atoms with Gasteiger partial charge in [-0.05, 0) is 31.6 Å². The molecule has 4 atom stereocenters. The molecule has 1 aromatic rings. The van der Waals surface area contributed by atoms with Crippen LogP contribution in [0, 0.1) is 11.8 Å². The lowest BCUT2D eigenvalue weighted by molar-refractivity contribution is 0.0347. The van der Waals surface area contributed by atoms with E-state index in [9.17, 15) is 4.79 Å². The SMILES string of the molecule is CCC(C(=O)c1ccccc1)N1CC(C)CC(C)C1C. The highest BCUT2D eigenvalue weighted by molar-refractivity contribution is 6.00. The number of ketones is 1. The van der Waals surface area contributed by atoms with E-state index in [1.54, 1.807) is 0 Å². The lowest BCUT2D eigenvalue weighted by Gasteiger charge is -2.44. The van der Waals surface area contributed by atoms with Gasteiger partial charge in [-0.3, -0.25) is 9.69 Å². The van der Waals surface area contributed by atoms with Gasteiger partial charge in [-0.1, -0.05) is 51.1 Å². The average molecular weight is 273 g/mol. The molecular weight excluding hydrogens is 246 g/mol. The van der Waals surface area contributed by atoms with Gasteiger partial charge in [0.1, 0.15) is 0 Å². The minimum atomic E-state index is 0.0256. The molecule has 1 heterocycles. The molecule has 110 valence electrons. The molecule has 2 nitrogen and oxygen atoms in total. The van der Waals surface area contributed by atoms with E-state index in [0.717, 1.165) is 18.5 Å². The molecule has 0 radical (unpaired) electrons. The smallest absolute Gasteiger partial charge is 0.179 e. The van der Waals surface area contributed by atoms with Gasteiger partial charge in [-0.25, -0.2) is 0 Å². The Bertz CT molecular complexity index is 442. The maximum Gasteiger partial charge on any atom is 0.179 e. The Morgan fingerprint density at radius 3 is 2.50 bits per heavy atom. The summed E-state index contributed by atoms with van der Waals surface area (Å²) in [6.45, 7) is 10.1. The molecule has 4 unspecified atom stereocenters. The zero-order valence-corrected chi connectivity index (χ0v) is 13.2. The van der Waals surface area contributed by atoms with Crippen molar-refractivity contribution in [2.45, 2.75) is 52.6 Å². The lowest BCUT2D eigenvalue weighted by Crippen LogP contribution is -2.53. The molecule has 0 N–H and O–H groups in total. The van der Waals surface area contributed by atoms with Crippen LogP contribution in [0.2, 0.25) is 0 Å². The first-order chi connectivity index (χ1) is 9.54. The number of carbonyl (C=O) groups excluding carboxylic acids is 1. The number of rotatable bonds is 4. The molecule has 1 aliphatic rings. The van der Waals surface area contributed by atoms with E-state index in [2.05, 4.69) is 32.6 Å². The first kappa shape index (κ1) is 15.2. The zero-order valence-electron chi connectivity index (χ0n) is 13.2. The van der Waals surface area contributed by atoms with Crippen LogP contribution in [0.4, 0.5) is 0 Å². The van der Waals surface area contributed by atoms with Crippen molar-refractivity contribution in [3.8, 4) is 0 Å². The van der Waals surface area contributed by atoms with Gasteiger partial charge in [0.15, 0.2) is 5.78 Å². The number of likely N-dealkylation sites (tertiary alicyclic amines) is 1. The molecule has 0 spiro atoms. The van der Waals surface area contributed by atoms with E-state index < -0.39 is 0 Å². The van der Waals surface area contributed by atoms with Crippen molar-refractivity contribution < 1.29 is 4.79 Å². The van der Waals surface area contributed by atoms with Crippen LogP contribution in [0.5, 0.6) is 0 Å². The van der Waals surface area contributed by atoms with Crippen LogP contribution in [-0.4, -0.2) is 29.3 Å². The molecule has 0 bridgehead atoms. The molecule has 1 fully saturated rings. The van der Waals surface area contributed by atoms with Crippen molar-refractivity contribution in [3.63, 3.8) is 0 Å². The number of piperidine rings is 1. The van der Waals surface area contributed by atoms with Gasteiger partial charge in [0, 0.05) is 18.2 Å². The second-order valence-corrected chi connectivity index (χ2v) is 6.41. The van der Waals surface area contributed by atoms with Gasteiger partial charge in [-0.15, -0.1) is 0 Å². The quantitative estimate of drug-likeness (QED) is 0.772. The van der Waals surface area contributed by atoms with Crippen LogP contribution in [0.1, 0.15) is 50.9 Å². The standard InChI is InChI=1S/C18H27NO/c1-5-17(18(20)16-9-7-6-8-10-16)19-12-13(2)11-14(3)15(19)4/h6-10,13-15,17H,5,11-12H2,1-4H3. The summed E-state index contributed by atoms with van der Waals surface area (Å²) in [4.78, 5) is 15.2. The first-order valence-corrected chi connectivity index (χ1v) is 7.89. The van der Waals surface area contributed by atoms with Crippen molar-refractivity contribution in [3.05, 3.63) is 35.9 Å². The summed E-state index contributed by atoms with van der Waals surface area (Å²) in [7, 11) is 0. The monoisotopic (exact) mass is 273 g/mol. The summed E-state index contributed by atoms with van der Waals surface area (Å²) >= 11 is 0. The molecule has 1 aromatic carbocycles. The number of Topliss-reactive ketones (excluding diaryl/α,β-unsaturated/α-hetero) is 1. The van der Waals surface area contributed by atoms with Crippen molar-refractivity contribution >= 4 is 5.78 Å². The number of hydrogen-bond acceptors (Lipinski definition) is 2. The molecule has 0 saturated carbocycles. The summed E-state index contributed by atoms with van der Waals surface area (Å²) < 4.78 is 0. The Balaban J connectivity index is 2.21. The fourth-order valence-corrected chi connectivity index (χ4v) is 3.54. The Kier molecular flexibility index (Phi) is 4.98. The molecule has 2 heteroatoms. The predicted molar refractivity (Wildman–Crippen MR) is 84.0 cm³/mol.